The zero-order valence-electron chi connectivity index (χ0n) is 12.7. The van der Waals surface area contributed by atoms with Gasteiger partial charge in [-0.05, 0) is 48.0 Å². The van der Waals surface area contributed by atoms with Crippen molar-refractivity contribution in [3.8, 4) is 6.07 Å². The number of rotatable bonds is 4. The van der Waals surface area contributed by atoms with Gasteiger partial charge in [-0.3, -0.25) is 4.79 Å². The van der Waals surface area contributed by atoms with Crippen LogP contribution in [0.4, 0.5) is 5.69 Å². The number of nitrogens with one attached hydrogen (secondary N) is 1. The number of carbonyl (C=O) groups excluding carboxylic acids is 2. The minimum atomic E-state index is -0.531. The summed E-state index contributed by atoms with van der Waals surface area (Å²) in [6, 6.07) is 14.8. The number of carbonyl (C=O) groups is 2. The maximum atomic E-state index is 12.1. The van der Waals surface area contributed by atoms with E-state index in [0.29, 0.717) is 21.8 Å². The van der Waals surface area contributed by atoms with Gasteiger partial charge in [0.15, 0.2) is 0 Å². The Morgan fingerprint density at radius 2 is 1.75 bits per heavy atom. The van der Waals surface area contributed by atoms with E-state index in [2.05, 4.69) is 10.1 Å². The zero-order chi connectivity index (χ0) is 17.5. The quantitative estimate of drug-likeness (QED) is 0.523. The highest BCUT2D eigenvalue weighted by molar-refractivity contribution is 6.30. The first-order valence-electron chi connectivity index (χ1n) is 6.90. The number of benzene rings is 2. The average Bonchev–Trinajstić information content (AvgIpc) is 2.61. The molecule has 120 valence electrons. The fourth-order valence-corrected chi connectivity index (χ4v) is 2.01. The molecule has 0 aliphatic carbocycles. The van der Waals surface area contributed by atoms with Gasteiger partial charge in [0.1, 0.15) is 11.6 Å². The second-order valence-electron chi connectivity index (χ2n) is 4.74. The zero-order valence-corrected chi connectivity index (χ0v) is 13.5. The lowest BCUT2D eigenvalue weighted by Crippen LogP contribution is -2.13. The number of ether oxygens (including phenoxy) is 1. The molecule has 0 saturated heterocycles. The fourth-order valence-electron chi connectivity index (χ4n) is 1.88. The van der Waals surface area contributed by atoms with E-state index in [1.54, 1.807) is 48.5 Å². The average molecular weight is 341 g/mol. The van der Waals surface area contributed by atoms with Crippen LogP contribution in [-0.4, -0.2) is 19.0 Å². The molecule has 5 nitrogen and oxygen atoms in total. The van der Waals surface area contributed by atoms with Crippen LogP contribution in [0, 0.1) is 11.3 Å². The van der Waals surface area contributed by atoms with E-state index in [4.69, 9.17) is 11.6 Å². The van der Waals surface area contributed by atoms with E-state index >= 15 is 0 Å². The molecule has 1 N–H and O–H groups in total. The maximum absolute atomic E-state index is 12.1. The molecule has 0 fully saturated rings. The Morgan fingerprint density at radius 3 is 2.29 bits per heavy atom. The molecule has 1 amide bonds. The second-order valence-corrected chi connectivity index (χ2v) is 5.18. The van der Waals surface area contributed by atoms with E-state index < -0.39 is 11.9 Å². The first-order chi connectivity index (χ1) is 11.5. The molecule has 0 aliphatic rings. The normalized spacial score (nSPS) is 10.6. The van der Waals surface area contributed by atoms with Crippen LogP contribution in [0.5, 0.6) is 0 Å². The third-order valence-electron chi connectivity index (χ3n) is 3.11. The van der Waals surface area contributed by atoms with Crippen LogP contribution in [0.3, 0.4) is 0 Å². The van der Waals surface area contributed by atoms with Gasteiger partial charge in [-0.1, -0.05) is 23.7 Å². The van der Waals surface area contributed by atoms with Gasteiger partial charge in [0.2, 0.25) is 0 Å². The molecule has 0 bridgehead atoms. The van der Waals surface area contributed by atoms with E-state index in [9.17, 15) is 14.9 Å². The summed E-state index contributed by atoms with van der Waals surface area (Å²) in [4.78, 5) is 23.5. The second kappa shape index (κ2) is 7.95. The summed E-state index contributed by atoms with van der Waals surface area (Å²) in [6.07, 6.45) is 1.44. The first kappa shape index (κ1) is 17.3. The number of esters is 1. The van der Waals surface area contributed by atoms with Crippen molar-refractivity contribution in [3.05, 3.63) is 70.3 Å². The Labute approximate surface area is 144 Å². The predicted molar refractivity (Wildman–Crippen MR) is 91.5 cm³/mol. The van der Waals surface area contributed by atoms with Crippen LogP contribution in [0.25, 0.3) is 6.08 Å². The fraction of sp³-hybridized carbons (Fsp3) is 0.0556. The molecule has 2 aromatic rings. The van der Waals surface area contributed by atoms with E-state index in [1.165, 1.54) is 13.2 Å². The lowest BCUT2D eigenvalue weighted by molar-refractivity contribution is -0.112. The highest BCUT2D eigenvalue weighted by Crippen LogP contribution is 2.15. The number of methoxy groups -OCH3 is 1. The number of hydrogen-bond donors (Lipinski definition) is 1. The van der Waals surface area contributed by atoms with Gasteiger partial charge in [-0.15, -0.1) is 0 Å². The molecule has 0 heterocycles. The molecule has 0 saturated carbocycles. The molecule has 0 radical (unpaired) electrons. The van der Waals surface area contributed by atoms with Crippen LogP contribution in [-0.2, 0) is 9.53 Å². The molecular formula is C18H13ClN2O3. The summed E-state index contributed by atoms with van der Waals surface area (Å²) in [6.45, 7) is 0. The van der Waals surface area contributed by atoms with Crippen molar-refractivity contribution in [2.24, 2.45) is 0 Å². The molecule has 24 heavy (non-hydrogen) atoms. The molecule has 6 heteroatoms. The van der Waals surface area contributed by atoms with Crippen LogP contribution in [0.15, 0.2) is 54.1 Å². The molecule has 0 aliphatic heterocycles. The Balaban J connectivity index is 2.16. The van der Waals surface area contributed by atoms with Crippen LogP contribution >= 0.6 is 11.6 Å². The van der Waals surface area contributed by atoms with Gasteiger partial charge in [0.25, 0.3) is 5.91 Å². The molecule has 2 rings (SSSR count). The first-order valence-corrected chi connectivity index (χ1v) is 7.28. The Morgan fingerprint density at radius 1 is 1.12 bits per heavy atom. The van der Waals surface area contributed by atoms with Crippen LogP contribution in [0.1, 0.15) is 15.9 Å². The lowest BCUT2D eigenvalue weighted by Gasteiger charge is -2.04. The summed E-state index contributed by atoms with van der Waals surface area (Å²) in [5.41, 5.74) is 1.48. The number of hydrogen-bond acceptors (Lipinski definition) is 4. The monoisotopic (exact) mass is 340 g/mol. The predicted octanol–water partition coefficient (Wildman–Crippen LogP) is 3.67. The summed E-state index contributed by atoms with van der Waals surface area (Å²) in [7, 11) is 1.30. The van der Waals surface area contributed by atoms with Gasteiger partial charge in [0.05, 0.1) is 12.7 Å². The summed E-state index contributed by atoms with van der Waals surface area (Å²) >= 11 is 5.78. The largest absolute Gasteiger partial charge is 0.465 e. The highest BCUT2D eigenvalue weighted by Gasteiger charge is 2.10. The number of nitrogens with zero attached hydrogens (tertiary/aromatic N) is 1. The molecule has 0 spiro atoms. The standard InChI is InChI=1S/C18H13ClN2O3/c1-24-18(23)13-4-2-12(3-5-13)10-14(11-20)17(22)21-16-8-6-15(19)7-9-16/h2-10H,1H3,(H,21,22)/b14-10-. The van der Waals surface area contributed by atoms with Gasteiger partial charge >= 0.3 is 5.97 Å². The minimum Gasteiger partial charge on any atom is -0.465 e. The van der Waals surface area contributed by atoms with Crippen molar-refractivity contribution in [3.63, 3.8) is 0 Å². The Kier molecular flexibility index (Phi) is 5.72. The molecule has 0 aromatic heterocycles. The van der Waals surface area contributed by atoms with Crippen LogP contribution < -0.4 is 5.32 Å². The lowest BCUT2D eigenvalue weighted by atomic mass is 10.1. The minimum absolute atomic E-state index is 0.0595. The summed E-state index contributed by atoms with van der Waals surface area (Å²) in [5, 5.41) is 12.4. The summed E-state index contributed by atoms with van der Waals surface area (Å²) < 4.78 is 4.61. The topological polar surface area (TPSA) is 79.2 Å². The van der Waals surface area contributed by atoms with Crippen LogP contribution in [0.2, 0.25) is 5.02 Å². The van der Waals surface area contributed by atoms with Crippen molar-refractivity contribution in [2.75, 3.05) is 12.4 Å². The Hall–Kier alpha value is -3.10. The third kappa shape index (κ3) is 4.45. The number of halogens is 1. The van der Waals surface area contributed by atoms with Gasteiger partial charge < -0.3 is 10.1 Å². The van der Waals surface area contributed by atoms with Gasteiger partial charge in [-0.2, -0.15) is 5.26 Å². The van der Waals surface area contributed by atoms with Crippen molar-refractivity contribution in [1.29, 1.82) is 5.26 Å². The number of amides is 1. The van der Waals surface area contributed by atoms with Crippen molar-refractivity contribution < 1.29 is 14.3 Å². The third-order valence-corrected chi connectivity index (χ3v) is 3.36. The van der Waals surface area contributed by atoms with Gasteiger partial charge in [-0.25, -0.2) is 4.79 Å². The van der Waals surface area contributed by atoms with E-state index in [-0.39, 0.29) is 5.57 Å². The van der Waals surface area contributed by atoms with Gasteiger partial charge in [0, 0.05) is 10.7 Å². The van der Waals surface area contributed by atoms with E-state index in [1.807, 2.05) is 6.07 Å². The smallest absolute Gasteiger partial charge is 0.337 e. The van der Waals surface area contributed by atoms with E-state index in [0.717, 1.165) is 0 Å². The molecule has 0 atom stereocenters. The Bertz CT molecular complexity index is 819. The SMILES string of the molecule is COC(=O)c1ccc(/C=C(/C#N)C(=O)Nc2ccc(Cl)cc2)cc1. The molecule has 2 aromatic carbocycles. The summed E-state index contributed by atoms with van der Waals surface area (Å²) in [5.74, 6) is -0.983. The molecular weight excluding hydrogens is 328 g/mol. The molecule has 0 unspecified atom stereocenters. The number of anilines is 1. The maximum Gasteiger partial charge on any atom is 0.337 e. The van der Waals surface area contributed by atoms with Crippen molar-refractivity contribution >= 4 is 35.2 Å². The highest BCUT2D eigenvalue weighted by atomic mass is 35.5. The van der Waals surface area contributed by atoms with Crippen molar-refractivity contribution in [1.82, 2.24) is 0 Å². The number of nitriles is 1. The van der Waals surface area contributed by atoms with Crippen molar-refractivity contribution in [2.45, 2.75) is 0 Å².